The average Bonchev–Trinajstić information content (AvgIpc) is 3.21. The van der Waals surface area contributed by atoms with Crippen LogP contribution in [0.3, 0.4) is 0 Å². The van der Waals surface area contributed by atoms with Crippen LogP contribution in [-0.2, 0) is 21.2 Å². The van der Waals surface area contributed by atoms with E-state index < -0.39 is 44.9 Å². The number of para-hydroxylation sites is 2. The standard InChI is InChI=1S/C16H16F3N3O3S/c17-16(18,19)15-9-21(7-11(15)5-6-26(15,24)25)14(23)8-22-10-20-12-3-1-2-4-13(12)22/h1-4,10-11H,5-9H2/t11-,15+/m1/s1. The average molecular weight is 387 g/mol. The third-order valence-electron chi connectivity index (χ3n) is 5.48. The Kier molecular flexibility index (Phi) is 3.63. The number of imidazole rings is 1. The normalized spacial score (nSPS) is 27.8. The molecule has 1 amide bonds. The molecule has 2 atom stereocenters. The molecule has 6 nitrogen and oxygen atoms in total. The first-order chi connectivity index (χ1) is 12.2. The number of nitrogens with zero attached hydrogens (tertiary/aromatic N) is 3. The molecule has 0 saturated carbocycles. The van der Waals surface area contributed by atoms with Crippen LogP contribution in [0.15, 0.2) is 30.6 Å². The van der Waals surface area contributed by atoms with E-state index in [1.54, 1.807) is 28.8 Å². The quantitative estimate of drug-likeness (QED) is 0.785. The molecule has 2 aliphatic rings. The molecule has 0 unspecified atom stereocenters. The highest BCUT2D eigenvalue weighted by molar-refractivity contribution is 7.93. The lowest BCUT2D eigenvalue weighted by molar-refractivity contribution is -0.165. The zero-order valence-corrected chi connectivity index (χ0v) is 14.4. The molecule has 2 aromatic rings. The summed E-state index contributed by atoms with van der Waals surface area (Å²) >= 11 is 0. The molecule has 140 valence electrons. The number of benzene rings is 1. The largest absolute Gasteiger partial charge is 0.410 e. The SMILES string of the molecule is O=C(Cn1cnc2ccccc21)N1C[C@H]2CCS(=O)(=O)[C@@]2(C(F)(F)F)C1. The van der Waals surface area contributed by atoms with Crippen LogP contribution in [0, 0.1) is 5.92 Å². The summed E-state index contributed by atoms with van der Waals surface area (Å²) in [4.78, 5) is 17.8. The third kappa shape index (κ3) is 2.27. The van der Waals surface area contributed by atoms with E-state index in [0.29, 0.717) is 11.0 Å². The fraction of sp³-hybridized carbons (Fsp3) is 0.500. The smallest absolute Gasteiger partial charge is 0.339 e. The monoisotopic (exact) mass is 387 g/mol. The van der Waals surface area contributed by atoms with Crippen LogP contribution in [0.4, 0.5) is 13.2 Å². The van der Waals surface area contributed by atoms with E-state index in [9.17, 15) is 26.4 Å². The van der Waals surface area contributed by atoms with E-state index in [1.807, 2.05) is 0 Å². The summed E-state index contributed by atoms with van der Waals surface area (Å²) in [6.45, 7) is -1.19. The van der Waals surface area contributed by atoms with Crippen LogP contribution < -0.4 is 0 Å². The van der Waals surface area contributed by atoms with E-state index in [-0.39, 0.29) is 19.5 Å². The van der Waals surface area contributed by atoms with E-state index in [4.69, 9.17) is 0 Å². The Morgan fingerprint density at radius 1 is 1.31 bits per heavy atom. The number of hydrogen-bond donors (Lipinski definition) is 0. The first-order valence-electron chi connectivity index (χ1n) is 8.12. The predicted octanol–water partition coefficient (Wildman–Crippen LogP) is 1.61. The van der Waals surface area contributed by atoms with Crippen LogP contribution in [0.5, 0.6) is 0 Å². The Bertz CT molecular complexity index is 985. The van der Waals surface area contributed by atoms with Crippen LogP contribution in [0.25, 0.3) is 11.0 Å². The molecule has 0 N–H and O–H groups in total. The van der Waals surface area contributed by atoms with Gasteiger partial charge in [0.05, 0.1) is 23.1 Å². The molecule has 26 heavy (non-hydrogen) atoms. The van der Waals surface area contributed by atoms with Crippen molar-refractivity contribution in [3.05, 3.63) is 30.6 Å². The van der Waals surface area contributed by atoms with Crippen molar-refractivity contribution in [2.45, 2.75) is 23.9 Å². The van der Waals surface area contributed by atoms with Gasteiger partial charge in [0, 0.05) is 19.0 Å². The molecule has 3 heterocycles. The number of rotatable bonds is 2. The number of hydrogen-bond acceptors (Lipinski definition) is 4. The van der Waals surface area contributed by atoms with Gasteiger partial charge in [-0.15, -0.1) is 0 Å². The minimum atomic E-state index is -4.90. The van der Waals surface area contributed by atoms with Gasteiger partial charge in [-0.25, -0.2) is 13.4 Å². The van der Waals surface area contributed by atoms with Gasteiger partial charge < -0.3 is 9.47 Å². The molecule has 10 heteroatoms. The summed E-state index contributed by atoms with van der Waals surface area (Å²) in [5, 5.41) is 0. The van der Waals surface area contributed by atoms with Crippen molar-refractivity contribution in [2.75, 3.05) is 18.8 Å². The molecule has 0 spiro atoms. The van der Waals surface area contributed by atoms with Crippen LogP contribution in [0.1, 0.15) is 6.42 Å². The van der Waals surface area contributed by atoms with Crippen molar-refractivity contribution in [3.8, 4) is 0 Å². The second-order valence-electron chi connectivity index (χ2n) is 6.83. The van der Waals surface area contributed by atoms with Gasteiger partial charge in [0.15, 0.2) is 14.6 Å². The molecule has 0 bridgehead atoms. The third-order valence-corrected chi connectivity index (χ3v) is 8.06. The summed E-state index contributed by atoms with van der Waals surface area (Å²) < 4.78 is 64.2. The van der Waals surface area contributed by atoms with Crippen LogP contribution in [0.2, 0.25) is 0 Å². The number of likely N-dealkylation sites (tertiary alicyclic amines) is 1. The lowest BCUT2D eigenvalue weighted by atomic mass is 9.93. The van der Waals surface area contributed by atoms with E-state index in [0.717, 1.165) is 4.90 Å². The highest BCUT2D eigenvalue weighted by atomic mass is 32.2. The topological polar surface area (TPSA) is 72.3 Å². The first kappa shape index (κ1) is 17.3. The zero-order chi connectivity index (χ0) is 18.7. The molecule has 2 aliphatic heterocycles. The van der Waals surface area contributed by atoms with E-state index in [2.05, 4.69) is 4.98 Å². The second kappa shape index (κ2) is 5.45. The summed E-state index contributed by atoms with van der Waals surface area (Å²) in [5.41, 5.74) is 1.37. The molecule has 1 aromatic carbocycles. The molecule has 4 rings (SSSR count). The maximum Gasteiger partial charge on any atom is 0.410 e. The molecule has 2 fully saturated rings. The molecule has 2 saturated heterocycles. The molecule has 0 aliphatic carbocycles. The highest BCUT2D eigenvalue weighted by Crippen LogP contribution is 2.52. The number of carbonyl (C=O) groups is 1. The molecule has 0 radical (unpaired) electrons. The minimum Gasteiger partial charge on any atom is -0.339 e. The lowest BCUT2D eigenvalue weighted by Gasteiger charge is -2.30. The number of aromatic nitrogens is 2. The molecular formula is C16H16F3N3O3S. The lowest BCUT2D eigenvalue weighted by Crippen LogP contribution is -2.55. The Balaban J connectivity index is 1.61. The van der Waals surface area contributed by atoms with Crippen molar-refractivity contribution in [2.24, 2.45) is 5.92 Å². The Labute approximate surface area is 147 Å². The minimum absolute atomic E-state index is 0.0698. The maximum absolute atomic E-state index is 13.7. The molecule has 1 aromatic heterocycles. The fourth-order valence-electron chi connectivity index (χ4n) is 4.12. The molecular weight excluding hydrogens is 371 g/mol. The van der Waals surface area contributed by atoms with E-state index >= 15 is 0 Å². The van der Waals surface area contributed by atoms with Gasteiger partial charge in [-0.2, -0.15) is 13.2 Å². The van der Waals surface area contributed by atoms with Crippen molar-refractivity contribution in [1.82, 2.24) is 14.5 Å². The van der Waals surface area contributed by atoms with Gasteiger partial charge in [-0.3, -0.25) is 4.79 Å². The van der Waals surface area contributed by atoms with Gasteiger partial charge >= 0.3 is 6.18 Å². The predicted molar refractivity (Wildman–Crippen MR) is 87.0 cm³/mol. The Hall–Kier alpha value is -2.10. The number of fused-ring (bicyclic) bond motifs is 2. The summed E-state index contributed by atoms with van der Waals surface area (Å²) in [6.07, 6.45) is -3.51. The number of sulfone groups is 1. The number of alkyl halides is 3. The highest BCUT2D eigenvalue weighted by Gasteiger charge is 2.73. The zero-order valence-electron chi connectivity index (χ0n) is 13.6. The first-order valence-corrected chi connectivity index (χ1v) is 9.77. The van der Waals surface area contributed by atoms with Gasteiger partial charge in [-0.05, 0) is 18.6 Å². The maximum atomic E-state index is 13.7. The summed E-state index contributed by atoms with van der Waals surface area (Å²) in [7, 11) is -4.34. The fourth-order valence-corrected chi connectivity index (χ4v) is 6.48. The van der Waals surface area contributed by atoms with Crippen molar-refractivity contribution >= 4 is 26.8 Å². The number of halogens is 3. The van der Waals surface area contributed by atoms with Gasteiger partial charge in [0.1, 0.15) is 6.54 Å². The van der Waals surface area contributed by atoms with Gasteiger partial charge in [0.2, 0.25) is 5.91 Å². The van der Waals surface area contributed by atoms with Gasteiger partial charge in [-0.1, -0.05) is 12.1 Å². The van der Waals surface area contributed by atoms with Crippen LogP contribution >= 0.6 is 0 Å². The Morgan fingerprint density at radius 2 is 2.04 bits per heavy atom. The number of carbonyl (C=O) groups excluding carboxylic acids is 1. The number of amides is 1. The second-order valence-corrected chi connectivity index (χ2v) is 9.19. The van der Waals surface area contributed by atoms with E-state index in [1.165, 1.54) is 6.33 Å². The summed E-state index contributed by atoms with van der Waals surface area (Å²) in [6, 6.07) is 7.09. The van der Waals surface area contributed by atoms with Crippen molar-refractivity contribution < 1.29 is 26.4 Å². The van der Waals surface area contributed by atoms with Crippen molar-refractivity contribution in [3.63, 3.8) is 0 Å². The van der Waals surface area contributed by atoms with Gasteiger partial charge in [0.25, 0.3) is 0 Å². The summed E-state index contributed by atoms with van der Waals surface area (Å²) in [5.74, 6) is -2.12. The van der Waals surface area contributed by atoms with Crippen LogP contribution in [-0.4, -0.2) is 58.5 Å². The Morgan fingerprint density at radius 3 is 2.73 bits per heavy atom. The van der Waals surface area contributed by atoms with Crippen molar-refractivity contribution in [1.29, 1.82) is 0 Å².